The Morgan fingerprint density at radius 2 is 2.05 bits per heavy atom. The summed E-state index contributed by atoms with van der Waals surface area (Å²) in [6.07, 6.45) is -2.58. The molecule has 212 valence electrons. The van der Waals surface area contributed by atoms with Gasteiger partial charge in [-0.15, -0.1) is 0 Å². The number of fused-ring (bicyclic) bond motifs is 1. The van der Waals surface area contributed by atoms with Crippen molar-refractivity contribution in [2.24, 2.45) is 0 Å². The third-order valence-corrected chi connectivity index (χ3v) is 8.69. The topological polar surface area (TPSA) is 133 Å². The van der Waals surface area contributed by atoms with Crippen LogP contribution in [-0.4, -0.2) is 82.3 Å². The first-order valence-electron chi connectivity index (χ1n) is 12.1. The number of anilines is 1. The van der Waals surface area contributed by atoms with Crippen molar-refractivity contribution in [1.82, 2.24) is 24.6 Å². The number of halogens is 1. The van der Waals surface area contributed by atoms with E-state index in [2.05, 4.69) is 20.0 Å². The van der Waals surface area contributed by atoms with Gasteiger partial charge in [0.15, 0.2) is 28.9 Å². The predicted molar refractivity (Wildman–Crippen MR) is 146 cm³/mol. The van der Waals surface area contributed by atoms with Crippen molar-refractivity contribution in [3.63, 3.8) is 0 Å². The number of nitrogens with one attached hydrogen (secondary N) is 1. The number of hydrogen-bond acceptors (Lipinski definition) is 11. The van der Waals surface area contributed by atoms with Crippen molar-refractivity contribution in [2.45, 2.75) is 50.9 Å². The van der Waals surface area contributed by atoms with Crippen LogP contribution < -0.4 is 14.5 Å². The fraction of sp³-hybridized carbons (Fsp3) is 0.500. The minimum absolute atomic E-state index is 0.328. The first kappa shape index (κ1) is 29.2. The molecule has 0 saturated carbocycles. The minimum Gasteiger partial charge on any atom is -0.468 e. The van der Waals surface area contributed by atoms with Gasteiger partial charge in [-0.1, -0.05) is 18.2 Å². The number of para-hydroxylation sites is 1. The van der Waals surface area contributed by atoms with E-state index in [4.69, 9.17) is 30.3 Å². The number of alkyl halides is 1. The van der Waals surface area contributed by atoms with Crippen molar-refractivity contribution in [2.75, 3.05) is 32.7 Å². The number of aliphatic hydroxyl groups excluding tert-OH is 1. The zero-order valence-corrected chi connectivity index (χ0v) is 24.1. The summed E-state index contributed by atoms with van der Waals surface area (Å²) < 4.78 is 40.1. The molecule has 6 atom stereocenters. The molecule has 4 rings (SSSR count). The molecule has 0 spiro atoms. The van der Waals surface area contributed by atoms with Gasteiger partial charge in [0.2, 0.25) is 0 Å². The lowest BCUT2D eigenvalue weighted by molar-refractivity contribution is -0.142. The van der Waals surface area contributed by atoms with Crippen molar-refractivity contribution in [3.8, 4) is 5.75 Å². The molecule has 1 aromatic carbocycles. The number of aromatic nitrogens is 4. The Balaban J connectivity index is 1.59. The van der Waals surface area contributed by atoms with Crippen LogP contribution in [0.2, 0.25) is 0 Å². The summed E-state index contributed by atoms with van der Waals surface area (Å²) in [6, 6.07) is 7.82. The lowest BCUT2D eigenvalue weighted by atomic mass is 9.98. The van der Waals surface area contributed by atoms with Gasteiger partial charge in [0.25, 0.3) is 0 Å². The number of hydrogen-bond donors (Lipinski definition) is 2. The molecule has 3 aromatic rings. The summed E-state index contributed by atoms with van der Waals surface area (Å²) in [4.78, 5) is 27.1. The van der Waals surface area contributed by atoms with E-state index in [-0.39, 0.29) is 6.61 Å². The van der Waals surface area contributed by atoms with E-state index in [9.17, 15) is 9.90 Å². The SMILES string of the molecule is COC(=O)[C@H](C)N[P@](=S)(OC[C@H]1O[C@@H](n2cnc3c(N(C)C)nc(C)nc32)[C@](C)(F)[C@@H]1O)Oc1ccccc1. The van der Waals surface area contributed by atoms with Gasteiger partial charge in [-0.3, -0.25) is 9.36 Å². The molecule has 1 aliphatic rings. The Bertz CT molecular complexity index is 1380. The molecule has 15 heteroatoms. The summed E-state index contributed by atoms with van der Waals surface area (Å²) in [6.45, 7) is 0.782. The van der Waals surface area contributed by atoms with Gasteiger partial charge in [0.05, 0.1) is 20.0 Å². The number of esters is 1. The van der Waals surface area contributed by atoms with Crippen molar-refractivity contribution in [3.05, 3.63) is 42.5 Å². The second-order valence-corrected chi connectivity index (χ2v) is 12.6. The second kappa shape index (κ2) is 11.4. The summed E-state index contributed by atoms with van der Waals surface area (Å²) in [5.74, 6) is 0.874. The van der Waals surface area contributed by atoms with E-state index in [0.717, 1.165) is 0 Å². The third kappa shape index (κ3) is 6.06. The fourth-order valence-corrected chi connectivity index (χ4v) is 6.61. The smallest absolute Gasteiger partial charge is 0.323 e. The van der Waals surface area contributed by atoms with Gasteiger partial charge >= 0.3 is 12.6 Å². The maximum absolute atomic E-state index is 16.0. The van der Waals surface area contributed by atoms with Crippen LogP contribution in [0.15, 0.2) is 36.7 Å². The molecule has 39 heavy (non-hydrogen) atoms. The molecule has 0 unspecified atom stereocenters. The number of aryl methyl sites for hydroxylation is 1. The average molecular weight is 583 g/mol. The molecule has 1 fully saturated rings. The molecular formula is C24H32FN6O6PS. The molecule has 2 N–H and O–H groups in total. The largest absolute Gasteiger partial charge is 0.468 e. The number of carbonyl (C=O) groups excluding carboxylic acids is 1. The molecule has 0 bridgehead atoms. The van der Waals surface area contributed by atoms with Crippen LogP contribution in [0.1, 0.15) is 25.9 Å². The molecule has 0 aliphatic carbocycles. The quantitative estimate of drug-likeness (QED) is 0.269. The van der Waals surface area contributed by atoms with Crippen LogP contribution in [0.25, 0.3) is 11.2 Å². The van der Waals surface area contributed by atoms with Crippen molar-refractivity contribution >= 4 is 41.4 Å². The number of rotatable bonds is 10. The summed E-state index contributed by atoms with van der Waals surface area (Å²) in [5, 5.41) is 13.8. The highest BCUT2D eigenvalue weighted by Gasteiger charge is 2.56. The lowest BCUT2D eigenvalue weighted by Gasteiger charge is -2.27. The second-order valence-electron chi connectivity index (χ2n) is 9.51. The molecule has 3 heterocycles. The Morgan fingerprint density at radius 1 is 1.36 bits per heavy atom. The van der Waals surface area contributed by atoms with E-state index in [1.165, 1.54) is 24.9 Å². The van der Waals surface area contributed by atoms with Crippen LogP contribution in [0.5, 0.6) is 5.75 Å². The van der Waals surface area contributed by atoms with Gasteiger partial charge in [-0.2, -0.15) is 0 Å². The number of benzene rings is 1. The monoisotopic (exact) mass is 582 g/mol. The normalized spacial score (nSPS) is 25.3. The number of aliphatic hydroxyl groups is 1. The Labute approximate surface area is 230 Å². The van der Waals surface area contributed by atoms with Crippen LogP contribution >= 0.6 is 6.64 Å². The molecule has 12 nitrogen and oxygen atoms in total. The number of nitrogens with zero attached hydrogens (tertiary/aromatic N) is 5. The fourth-order valence-electron chi connectivity index (χ4n) is 4.19. The van der Waals surface area contributed by atoms with E-state index in [1.807, 2.05) is 14.1 Å². The molecule has 2 aromatic heterocycles. The maximum atomic E-state index is 16.0. The molecular weight excluding hydrogens is 550 g/mol. The first-order valence-corrected chi connectivity index (χ1v) is 14.8. The third-order valence-electron chi connectivity index (χ3n) is 6.19. The lowest BCUT2D eigenvalue weighted by Crippen LogP contribution is -2.41. The van der Waals surface area contributed by atoms with E-state index >= 15 is 4.39 Å². The Hall–Kier alpha value is -2.74. The van der Waals surface area contributed by atoms with Gasteiger partial charge < -0.3 is 28.5 Å². The highest BCUT2D eigenvalue weighted by atomic mass is 32.5. The van der Waals surface area contributed by atoms with Gasteiger partial charge in [0, 0.05) is 14.1 Å². The molecule has 0 radical (unpaired) electrons. The van der Waals surface area contributed by atoms with Crippen molar-refractivity contribution in [1.29, 1.82) is 0 Å². The van der Waals surface area contributed by atoms with Crippen molar-refractivity contribution < 1.29 is 32.8 Å². The predicted octanol–water partition coefficient (Wildman–Crippen LogP) is 2.66. The van der Waals surface area contributed by atoms with Gasteiger partial charge in [-0.25, -0.2) is 24.4 Å². The highest BCUT2D eigenvalue weighted by Crippen LogP contribution is 2.48. The van der Waals surface area contributed by atoms with Crippen LogP contribution in [-0.2, 0) is 30.6 Å². The van der Waals surface area contributed by atoms with E-state index < -0.39 is 42.8 Å². The Kier molecular flexibility index (Phi) is 8.55. The molecule has 0 amide bonds. The summed E-state index contributed by atoms with van der Waals surface area (Å²) in [5.41, 5.74) is -1.42. The first-order chi connectivity index (χ1) is 18.4. The molecule has 1 aliphatic heterocycles. The van der Waals surface area contributed by atoms with Crippen LogP contribution in [0.4, 0.5) is 10.2 Å². The average Bonchev–Trinajstić information content (AvgIpc) is 3.39. The van der Waals surface area contributed by atoms with Crippen LogP contribution in [0, 0.1) is 6.92 Å². The zero-order chi connectivity index (χ0) is 28.5. The summed E-state index contributed by atoms with van der Waals surface area (Å²) >= 11 is 5.66. The number of methoxy groups -OCH3 is 1. The molecule has 1 saturated heterocycles. The minimum atomic E-state index is -3.40. The summed E-state index contributed by atoms with van der Waals surface area (Å²) in [7, 11) is 4.89. The zero-order valence-electron chi connectivity index (χ0n) is 22.4. The Morgan fingerprint density at radius 3 is 2.69 bits per heavy atom. The maximum Gasteiger partial charge on any atom is 0.323 e. The highest BCUT2D eigenvalue weighted by molar-refractivity contribution is 8.09. The van der Waals surface area contributed by atoms with Crippen LogP contribution in [0.3, 0.4) is 0 Å². The standard InChI is InChI=1S/C24H32FN6O6PS/c1-14(22(33)34-6)29-38(39,37-16-10-8-7-9-11-16)35-12-17-19(32)24(3,25)23(36-17)31-13-26-18-20(30(4)5)27-15(2)28-21(18)31/h7-11,13-14,17,19,23,32H,12H2,1-6H3,(H,29,39)/t14-,17+,19+,23+,24+,38-/m0/s1. The van der Waals surface area contributed by atoms with E-state index in [1.54, 1.807) is 49.1 Å². The number of imidazole rings is 1. The number of carbonyl (C=O) groups is 1. The van der Waals surface area contributed by atoms with Gasteiger partial charge in [-0.05, 0) is 44.7 Å². The number of ether oxygens (including phenoxy) is 2. The van der Waals surface area contributed by atoms with Gasteiger partial charge in [0.1, 0.15) is 29.8 Å². The van der Waals surface area contributed by atoms with E-state index in [0.29, 0.717) is 28.6 Å².